The second-order valence-corrected chi connectivity index (χ2v) is 17.6. The lowest BCUT2D eigenvalue weighted by atomic mass is 9.88. The molecule has 4 rings (SSSR count). The SMILES string of the molecule is CC(C)(C=O)Cc1cn(COCC[Si](C)(C)C)c2ncc(-c3cccc(N4CCC(O)CC4)c3)nc12. The maximum atomic E-state index is 11.7. The van der Waals surface area contributed by atoms with Gasteiger partial charge in [0.1, 0.15) is 18.5 Å². The number of ether oxygens (including phenoxy) is 1. The lowest BCUT2D eigenvalue weighted by Gasteiger charge is -2.31. The third-order valence-electron chi connectivity index (χ3n) is 6.80. The van der Waals surface area contributed by atoms with Gasteiger partial charge in [-0.1, -0.05) is 45.6 Å². The van der Waals surface area contributed by atoms with Crippen LogP contribution < -0.4 is 4.90 Å². The first-order chi connectivity index (χ1) is 17.0. The lowest BCUT2D eigenvalue weighted by molar-refractivity contribution is -0.114. The van der Waals surface area contributed by atoms with Crippen LogP contribution in [0.25, 0.3) is 22.4 Å². The molecule has 0 saturated carbocycles. The molecule has 1 aromatic carbocycles. The van der Waals surface area contributed by atoms with Crippen molar-refractivity contribution in [3.05, 3.63) is 42.2 Å². The molecule has 0 unspecified atom stereocenters. The molecule has 1 aliphatic heterocycles. The Hall–Kier alpha value is -2.55. The number of anilines is 1. The van der Waals surface area contributed by atoms with Crippen molar-refractivity contribution in [1.82, 2.24) is 14.5 Å². The standard InChI is InChI=1S/C28H40N4O3Si/c1-28(2,19-33)16-22-18-32(20-35-13-14-36(3,4)5)27-26(22)30-25(17-29-27)21-7-6-8-23(15-21)31-11-9-24(34)10-12-31/h6-8,15,17-19,24,34H,9-14,16,20H2,1-5H3. The number of fused-ring (bicyclic) bond motifs is 1. The first-order valence-electron chi connectivity index (χ1n) is 13.0. The Labute approximate surface area is 215 Å². The molecule has 0 radical (unpaired) electrons. The van der Waals surface area contributed by atoms with E-state index in [0.29, 0.717) is 13.2 Å². The molecule has 36 heavy (non-hydrogen) atoms. The van der Waals surface area contributed by atoms with E-state index in [4.69, 9.17) is 14.7 Å². The van der Waals surface area contributed by atoms with Gasteiger partial charge in [-0.25, -0.2) is 9.97 Å². The van der Waals surface area contributed by atoms with E-state index >= 15 is 0 Å². The highest BCUT2D eigenvalue weighted by Crippen LogP contribution is 2.30. The second-order valence-electron chi connectivity index (χ2n) is 12.0. The van der Waals surface area contributed by atoms with Crippen molar-refractivity contribution in [2.24, 2.45) is 5.41 Å². The zero-order chi connectivity index (χ0) is 25.9. The molecule has 2 aromatic heterocycles. The van der Waals surface area contributed by atoms with Crippen LogP contribution in [0.15, 0.2) is 36.7 Å². The maximum absolute atomic E-state index is 11.7. The number of aliphatic hydroxyl groups is 1. The molecule has 7 nitrogen and oxygen atoms in total. The minimum Gasteiger partial charge on any atom is -0.393 e. The summed E-state index contributed by atoms with van der Waals surface area (Å²) in [6.45, 7) is 13.8. The minimum absolute atomic E-state index is 0.199. The normalized spacial score (nSPS) is 15.6. The third-order valence-corrected chi connectivity index (χ3v) is 8.51. The summed E-state index contributed by atoms with van der Waals surface area (Å²) in [6.07, 6.45) is 6.85. The number of hydrogen-bond donors (Lipinski definition) is 1. The van der Waals surface area contributed by atoms with E-state index in [0.717, 1.165) is 78.5 Å². The number of aldehydes is 1. The van der Waals surface area contributed by atoms with Gasteiger partial charge < -0.3 is 24.1 Å². The van der Waals surface area contributed by atoms with Crippen molar-refractivity contribution in [1.29, 1.82) is 0 Å². The molecule has 0 atom stereocenters. The summed E-state index contributed by atoms with van der Waals surface area (Å²) in [5.74, 6) is 0. The Morgan fingerprint density at radius 1 is 1.22 bits per heavy atom. The van der Waals surface area contributed by atoms with Gasteiger partial charge in [-0.3, -0.25) is 0 Å². The molecular formula is C28H40N4O3Si. The maximum Gasteiger partial charge on any atom is 0.160 e. The lowest BCUT2D eigenvalue weighted by Crippen LogP contribution is -2.35. The van der Waals surface area contributed by atoms with Crippen LogP contribution in [0.1, 0.15) is 32.3 Å². The number of hydrogen-bond acceptors (Lipinski definition) is 6. The Morgan fingerprint density at radius 2 is 1.97 bits per heavy atom. The van der Waals surface area contributed by atoms with Gasteiger partial charge in [-0.05, 0) is 43.0 Å². The fourth-order valence-corrected chi connectivity index (χ4v) is 5.30. The van der Waals surface area contributed by atoms with Crippen molar-refractivity contribution in [3.63, 3.8) is 0 Å². The summed E-state index contributed by atoms with van der Waals surface area (Å²) in [5, 5.41) is 9.86. The molecule has 0 amide bonds. The van der Waals surface area contributed by atoms with E-state index in [2.05, 4.69) is 48.8 Å². The Balaban J connectivity index is 1.63. The van der Waals surface area contributed by atoms with Gasteiger partial charge in [-0.2, -0.15) is 0 Å². The predicted molar refractivity (Wildman–Crippen MR) is 148 cm³/mol. The van der Waals surface area contributed by atoms with Gasteiger partial charge in [0, 0.05) is 50.6 Å². The number of carbonyl (C=O) groups excluding carboxylic acids is 1. The minimum atomic E-state index is -1.16. The molecule has 0 aliphatic carbocycles. The van der Waals surface area contributed by atoms with Crippen LogP contribution in [0.2, 0.25) is 25.7 Å². The van der Waals surface area contributed by atoms with E-state index in [1.807, 2.05) is 30.8 Å². The molecular weight excluding hydrogens is 468 g/mol. The van der Waals surface area contributed by atoms with Crippen molar-refractivity contribution < 1.29 is 14.6 Å². The van der Waals surface area contributed by atoms with Crippen molar-refractivity contribution in [3.8, 4) is 11.3 Å². The summed E-state index contributed by atoms with van der Waals surface area (Å²) in [4.78, 5) is 23.9. The van der Waals surface area contributed by atoms with E-state index in [-0.39, 0.29) is 6.10 Å². The van der Waals surface area contributed by atoms with E-state index < -0.39 is 13.5 Å². The molecule has 0 spiro atoms. The summed E-state index contributed by atoms with van der Waals surface area (Å²) < 4.78 is 8.03. The van der Waals surface area contributed by atoms with Crippen LogP contribution in [-0.2, 0) is 22.7 Å². The molecule has 0 bridgehead atoms. The Bertz CT molecular complexity index is 1190. The molecule has 1 saturated heterocycles. The topological polar surface area (TPSA) is 80.5 Å². The zero-order valence-corrected chi connectivity index (χ0v) is 23.3. The number of nitrogens with zero attached hydrogens (tertiary/aromatic N) is 4. The fourth-order valence-electron chi connectivity index (χ4n) is 4.55. The van der Waals surface area contributed by atoms with E-state index in [9.17, 15) is 9.90 Å². The molecule has 1 aliphatic rings. The van der Waals surface area contributed by atoms with Gasteiger partial charge in [0.15, 0.2) is 5.65 Å². The van der Waals surface area contributed by atoms with Crippen LogP contribution in [0.4, 0.5) is 5.69 Å². The number of piperidine rings is 1. The van der Waals surface area contributed by atoms with Crippen molar-refractivity contribution in [2.75, 3.05) is 24.6 Å². The van der Waals surface area contributed by atoms with Gasteiger partial charge >= 0.3 is 0 Å². The molecule has 194 valence electrons. The van der Waals surface area contributed by atoms with E-state index in [1.165, 1.54) is 0 Å². The van der Waals surface area contributed by atoms with Gasteiger partial charge in [0.2, 0.25) is 0 Å². The quantitative estimate of drug-likeness (QED) is 0.232. The molecule has 3 aromatic rings. The average molecular weight is 509 g/mol. The van der Waals surface area contributed by atoms with Crippen LogP contribution in [-0.4, -0.2) is 59.8 Å². The third kappa shape index (κ3) is 6.60. The average Bonchev–Trinajstić information content (AvgIpc) is 3.17. The van der Waals surface area contributed by atoms with Gasteiger partial charge in [0.05, 0.1) is 18.0 Å². The number of aromatic nitrogens is 3. The molecule has 1 N–H and O–H groups in total. The molecule has 1 fully saturated rings. The highest BCUT2D eigenvalue weighted by molar-refractivity contribution is 6.76. The van der Waals surface area contributed by atoms with Crippen molar-refractivity contribution in [2.45, 2.75) is 71.6 Å². The predicted octanol–water partition coefficient (Wildman–Crippen LogP) is 5.14. The number of benzene rings is 1. The summed E-state index contributed by atoms with van der Waals surface area (Å²) in [7, 11) is -1.16. The first-order valence-corrected chi connectivity index (χ1v) is 16.7. The van der Waals surface area contributed by atoms with Crippen LogP contribution in [0, 0.1) is 5.41 Å². The fraction of sp³-hybridized carbons (Fsp3) is 0.536. The summed E-state index contributed by atoms with van der Waals surface area (Å²) >= 11 is 0. The second kappa shape index (κ2) is 10.8. The number of rotatable bonds is 10. The molecule has 3 heterocycles. The zero-order valence-electron chi connectivity index (χ0n) is 22.3. The van der Waals surface area contributed by atoms with Crippen LogP contribution >= 0.6 is 0 Å². The summed E-state index contributed by atoms with van der Waals surface area (Å²) in [6, 6.07) is 9.48. The first kappa shape index (κ1) is 26.5. The van der Waals surface area contributed by atoms with Crippen molar-refractivity contribution >= 4 is 31.2 Å². The largest absolute Gasteiger partial charge is 0.393 e. The van der Waals surface area contributed by atoms with E-state index in [1.54, 1.807) is 0 Å². The smallest absolute Gasteiger partial charge is 0.160 e. The molecule has 8 heteroatoms. The Morgan fingerprint density at radius 3 is 2.67 bits per heavy atom. The Kier molecular flexibility index (Phi) is 7.97. The highest BCUT2D eigenvalue weighted by atomic mass is 28.3. The van der Waals surface area contributed by atoms with Gasteiger partial charge in [0.25, 0.3) is 0 Å². The van der Waals surface area contributed by atoms with Crippen LogP contribution in [0.3, 0.4) is 0 Å². The van der Waals surface area contributed by atoms with Crippen LogP contribution in [0.5, 0.6) is 0 Å². The number of carbonyl (C=O) groups is 1. The summed E-state index contributed by atoms with van der Waals surface area (Å²) in [5.41, 5.74) is 5.07. The monoisotopic (exact) mass is 508 g/mol. The highest BCUT2D eigenvalue weighted by Gasteiger charge is 2.23. The van der Waals surface area contributed by atoms with Gasteiger partial charge in [-0.15, -0.1) is 0 Å². The number of aliphatic hydroxyl groups excluding tert-OH is 1.